The van der Waals surface area contributed by atoms with E-state index in [9.17, 15) is 19.2 Å². The lowest BCUT2D eigenvalue weighted by atomic mass is 10.0. The Hall–Kier alpha value is -3.94. The van der Waals surface area contributed by atoms with Gasteiger partial charge in [0.15, 0.2) is 0 Å². The largest absolute Gasteiger partial charge is 0.350 e. The van der Waals surface area contributed by atoms with Crippen LogP contribution in [0.15, 0.2) is 67.8 Å². The number of fused-ring (bicyclic) bond motifs is 1. The predicted molar refractivity (Wildman–Crippen MR) is 167 cm³/mol. The summed E-state index contributed by atoms with van der Waals surface area (Å²) in [6.45, 7) is 9.08. The molecule has 8 heteroatoms. The van der Waals surface area contributed by atoms with Crippen molar-refractivity contribution < 1.29 is 19.2 Å². The maximum absolute atomic E-state index is 13.6. The number of likely N-dealkylation sites (tertiary alicyclic amines) is 1. The number of allylic oxidation sites excluding steroid dienone is 2. The van der Waals surface area contributed by atoms with Crippen molar-refractivity contribution in [3.63, 3.8) is 0 Å². The van der Waals surface area contributed by atoms with E-state index in [4.69, 9.17) is 0 Å². The lowest BCUT2D eigenvalue weighted by Crippen LogP contribution is -2.54. The summed E-state index contributed by atoms with van der Waals surface area (Å²) in [4.78, 5) is 54.3. The molecule has 3 rings (SSSR count). The van der Waals surface area contributed by atoms with E-state index in [1.54, 1.807) is 11.0 Å². The van der Waals surface area contributed by atoms with Crippen LogP contribution in [0, 0.1) is 0 Å². The monoisotopic (exact) mass is 574 g/mol. The average molecular weight is 575 g/mol. The first-order valence-corrected chi connectivity index (χ1v) is 15.3. The molecule has 0 aromatic heterocycles. The summed E-state index contributed by atoms with van der Waals surface area (Å²) >= 11 is 0. The zero-order valence-electron chi connectivity index (χ0n) is 24.7. The molecule has 8 nitrogen and oxygen atoms in total. The smallest absolute Gasteiger partial charge is 0.243 e. The van der Waals surface area contributed by atoms with Crippen LogP contribution in [0.25, 0.3) is 10.8 Å². The molecule has 0 bridgehead atoms. The molecule has 0 saturated carbocycles. The predicted octanol–water partition coefficient (Wildman–Crippen LogP) is 4.93. The topological polar surface area (TPSA) is 108 Å². The highest BCUT2D eigenvalue weighted by molar-refractivity contribution is 5.95. The molecule has 2 atom stereocenters. The molecular weight excluding hydrogens is 528 g/mol. The first-order chi connectivity index (χ1) is 20.4. The van der Waals surface area contributed by atoms with E-state index in [-0.39, 0.29) is 30.6 Å². The van der Waals surface area contributed by atoms with Gasteiger partial charge in [0, 0.05) is 26.1 Å². The lowest BCUT2D eigenvalue weighted by Gasteiger charge is -2.25. The second kappa shape index (κ2) is 17.8. The van der Waals surface area contributed by atoms with Gasteiger partial charge in [-0.3, -0.25) is 19.2 Å². The lowest BCUT2D eigenvalue weighted by molar-refractivity contribution is -0.136. The molecule has 0 unspecified atom stereocenters. The van der Waals surface area contributed by atoms with Crippen LogP contribution in [0.5, 0.6) is 0 Å². The van der Waals surface area contributed by atoms with E-state index >= 15 is 0 Å². The van der Waals surface area contributed by atoms with Crippen molar-refractivity contribution in [3.05, 3.63) is 73.3 Å². The Morgan fingerprint density at radius 2 is 1.52 bits per heavy atom. The van der Waals surface area contributed by atoms with E-state index in [0.717, 1.165) is 54.9 Å². The van der Waals surface area contributed by atoms with Crippen LogP contribution >= 0.6 is 0 Å². The fraction of sp³-hybridized carbons (Fsp3) is 0.471. The first kappa shape index (κ1) is 32.6. The van der Waals surface area contributed by atoms with Crippen molar-refractivity contribution in [1.82, 2.24) is 20.9 Å². The maximum atomic E-state index is 13.6. The zero-order chi connectivity index (χ0) is 30.2. The molecule has 2 aromatic carbocycles. The van der Waals surface area contributed by atoms with Gasteiger partial charge in [-0.05, 0) is 61.3 Å². The van der Waals surface area contributed by atoms with Gasteiger partial charge < -0.3 is 20.9 Å². The Morgan fingerprint density at radius 3 is 2.29 bits per heavy atom. The molecule has 3 N–H and O–H groups in total. The fourth-order valence-electron chi connectivity index (χ4n) is 5.26. The van der Waals surface area contributed by atoms with E-state index in [2.05, 4.69) is 29.1 Å². The third kappa shape index (κ3) is 10.5. The van der Waals surface area contributed by atoms with Gasteiger partial charge in [-0.25, -0.2) is 0 Å². The number of rotatable bonds is 18. The van der Waals surface area contributed by atoms with Gasteiger partial charge in [-0.2, -0.15) is 0 Å². The number of carbonyl (C=O) groups excluding carboxylic acids is 4. The van der Waals surface area contributed by atoms with Crippen molar-refractivity contribution in [1.29, 1.82) is 0 Å². The number of benzene rings is 2. The third-order valence-corrected chi connectivity index (χ3v) is 7.67. The molecule has 2 aromatic rings. The van der Waals surface area contributed by atoms with Crippen molar-refractivity contribution in [3.8, 4) is 0 Å². The fourth-order valence-corrected chi connectivity index (χ4v) is 5.26. The summed E-state index contributed by atoms with van der Waals surface area (Å²) in [6, 6.07) is 12.1. The Balaban J connectivity index is 1.70. The number of amides is 4. The Kier molecular flexibility index (Phi) is 13.8. The summed E-state index contributed by atoms with van der Waals surface area (Å²) in [5.41, 5.74) is 0.985. The molecule has 0 radical (unpaired) electrons. The summed E-state index contributed by atoms with van der Waals surface area (Å²) in [5.74, 6) is -1.27. The minimum Gasteiger partial charge on any atom is -0.350 e. The summed E-state index contributed by atoms with van der Waals surface area (Å²) < 4.78 is 0. The Bertz CT molecular complexity index is 1220. The number of carbonyl (C=O) groups is 4. The molecule has 1 saturated heterocycles. The zero-order valence-corrected chi connectivity index (χ0v) is 24.7. The molecular formula is C34H46N4O4. The molecule has 1 aliphatic rings. The average Bonchev–Trinajstić information content (AvgIpc) is 3.54. The maximum Gasteiger partial charge on any atom is 0.243 e. The molecule has 4 amide bonds. The van der Waals surface area contributed by atoms with Crippen molar-refractivity contribution in [2.45, 2.75) is 89.3 Å². The van der Waals surface area contributed by atoms with Crippen LogP contribution in [0.2, 0.25) is 0 Å². The van der Waals surface area contributed by atoms with Crippen LogP contribution < -0.4 is 16.0 Å². The van der Waals surface area contributed by atoms with Crippen molar-refractivity contribution in [2.24, 2.45) is 0 Å². The minimum absolute atomic E-state index is 0.136. The van der Waals surface area contributed by atoms with Gasteiger partial charge in [0.2, 0.25) is 23.6 Å². The van der Waals surface area contributed by atoms with Crippen LogP contribution in [-0.2, 0) is 25.7 Å². The van der Waals surface area contributed by atoms with E-state index in [1.165, 1.54) is 0 Å². The van der Waals surface area contributed by atoms with E-state index < -0.39 is 18.0 Å². The van der Waals surface area contributed by atoms with Gasteiger partial charge in [-0.1, -0.05) is 67.5 Å². The van der Waals surface area contributed by atoms with E-state index in [1.807, 2.05) is 48.5 Å². The number of unbranched alkanes of at least 4 members (excludes halogenated alkanes) is 4. The Labute approximate surface area is 250 Å². The van der Waals surface area contributed by atoms with Gasteiger partial charge in [0.1, 0.15) is 12.1 Å². The van der Waals surface area contributed by atoms with Crippen LogP contribution in [0.1, 0.15) is 76.2 Å². The van der Waals surface area contributed by atoms with Gasteiger partial charge >= 0.3 is 0 Å². The molecule has 42 heavy (non-hydrogen) atoms. The highest BCUT2D eigenvalue weighted by atomic mass is 16.2. The quantitative estimate of drug-likeness (QED) is 0.173. The standard InChI is InChI=1S/C34H46N4O4/c1-3-5-7-8-10-20-29(33(41)35-25-27-18-15-17-26-16-11-12-19-28(26)27)37-34(42)30(36-31(39)21-9-6-4-2)24-32(40)38-22-13-14-23-38/h3-4,11-12,15-19,29-30H,1-2,5-10,13-14,20-25H2,(H,35,41)(H,36,39)(H,37,42)/t29-,30-/m0/s1. The van der Waals surface area contributed by atoms with Gasteiger partial charge in [0.05, 0.1) is 6.42 Å². The van der Waals surface area contributed by atoms with Crippen LogP contribution in [-0.4, -0.2) is 53.7 Å². The first-order valence-electron chi connectivity index (χ1n) is 15.3. The summed E-state index contributed by atoms with van der Waals surface area (Å²) in [7, 11) is 0. The summed E-state index contributed by atoms with van der Waals surface area (Å²) in [6.07, 6.45) is 10.8. The minimum atomic E-state index is -1.05. The Morgan fingerprint density at radius 1 is 0.810 bits per heavy atom. The molecule has 0 aliphatic carbocycles. The van der Waals surface area contributed by atoms with Gasteiger partial charge in [-0.15, -0.1) is 13.2 Å². The second-order valence-corrected chi connectivity index (χ2v) is 10.9. The SMILES string of the molecule is C=CCCCCC[C@H](NC(=O)[C@H](CC(=O)N1CCCC1)NC(=O)CCCC=C)C(=O)NCc1cccc2ccccc12. The second-order valence-electron chi connectivity index (χ2n) is 10.9. The third-order valence-electron chi connectivity index (χ3n) is 7.67. The molecule has 1 aliphatic heterocycles. The normalized spacial score (nSPS) is 14.1. The number of hydrogen-bond donors (Lipinski definition) is 3. The molecule has 1 fully saturated rings. The number of nitrogens with one attached hydrogen (secondary N) is 3. The van der Waals surface area contributed by atoms with Crippen LogP contribution in [0.4, 0.5) is 0 Å². The highest BCUT2D eigenvalue weighted by Crippen LogP contribution is 2.18. The van der Waals surface area contributed by atoms with Crippen molar-refractivity contribution >= 4 is 34.4 Å². The van der Waals surface area contributed by atoms with E-state index in [0.29, 0.717) is 38.9 Å². The highest BCUT2D eigenvalue weighted by Gasteiger charge is 2.30. The van der Waals surface area contributed by atoms with Crippen LogP contribution in [0.3, 0.4) is 0 Å². The molecule has 1 heterocycles. The van der Waals surface area contributed by atoms with Gasteiger partial charge in [0.25, 0.3) is 0 Å². The van der Waals surface area contributed by atoms with Crippen molar-refractivity contribution in [2.75, 3.05) is 13.1 Å². The molecule has 0 spiro atoms. The number of nitrogens with zero attached hydrogens (tertiary/aromatic N) is 1. The number of hydrogen-bond acceptors (Lipinski definition) is 4. The molecule has 226 valence electrons. The summed E-state index contributed by atoms with van der Waals surface area (Å²) in [5, 5.41) is 10.8.